The molecule has 0 unspecified atom stereocenters. The topological polar surface area (TPSA) is 75.7 Å². The molecule has 3 atom stereocenters. The second-order valence-electron chi connectivity index (χ2n) is 10.4. The summed E-state index contributed by atoms with van der Waals surface area (Å²) in [5, 5.41) is 2.91. The molecule has 2 fully saturated rings. The molecule has 8 rings (SSSR count). The SMILES string of the molecule is O=C(NC[C@@H]1CCCO1)c1ccc(N2C(=O)[C@H]3[C@H](C2=O)C2(Br)c4ccccc4C3(Br)c3ccccc32)cc1. The normalized spacial score (nSPS) is 30.7. The highest BCUT2D eigenvalue weighted by molar-refractivity contribution is 9.10. The van der Waals surface area contributed by atoms with Gasteiger partial charge >= 0.3 is 0 Å². The molecule has 0 spiro atoms. The van der Waals surface area contributed by atoms with Crippen LogP contribution in [-0.4, -0.2) is 37.0 Å². The number of hydrogen-bond donors (Lipinski definition) is 1. The van der Waals surface area contributed by atoms with E-state index in [-0.39, 0.29) is 23.8 Å². The van der Waals surface area contributed by atoms with Crippen molar-refractivity contribution in [2.75, 3.05) is 18.1 Å². The van der Waals surface area contributed by atoms with Crippen molar-refractivity contribution in [3.05, 3.63) is 101 Å². The largest absolute Gasteiger partial charge is 0.376 e. The van der Waals surface area contributed by atoms with E-state index in [1.165, 1.54) is 4.90 Å². The number of carbonyl (C=O) groups is 3. The summed E-state index contributed by atoms with van der Waals surface area (Å²) < 4.78 is 3.92. The average molecular weight is 636 g/mol. The highest BCUT2D eigenvalue weighted by Crippen LogP contribution is 2.70. The molecule has 5 aliphatic rings. The van der Waals surface area contributed by atoms with E-state index in [1.54, 1.807) is 24.3 Å². The van der Waals surface area contributed by atoms with E-state index in [9.17, 15) is 14.4 Å². The predicted octanol–water partition coefficient (Wildman–Crippen LogP) is 5.01. The number of rotatable bonds is 4. The van der Waals surface area contributed by atoms with Crippen molar-refractivity contribution in [2.24, 2.45) is 11.8 Å². The molecular weight excluding hydrogens is 612 g/mol. The fraction of sp³-hybridized carbons (Fsp3) is 0.300. The van der Waals surface area contributed by atoms with Crippen LogP contribution in [0.2, 0.25) is 0 Å². The van der Waals surface area contributed by atoms with Crippen LogP contribution in [0.15, 0.2) is 72.8 Å². The standard InChI is InChI=1S/C30H24Br2N2O4/c31-29-20-7-1-2-8-21(20)30(32,23-10-4-3-9-22(23)29)25-24(29)27(36)34(28(25)37)18-13-11-17(12-14-18)26(35)33-16-19-6-5-15-38-19/h1-4,7-14,19,24-25H,5-6,15-16H2,(H,33,35)/t19-,24+,25+,29?,30?/m0/s1. The Balaban J connectivity index is 1.25. The van der Waals surface area contributed by atoms with E-state index in [0.29, 0.717) is 17.8 Å². The van der Waals surface area contributed by atoms with E-state index in [2.05, 4.69) is 37.2 Å². The van der Waals surface area contributed by atoms with Gasteiger partial charge in [-0.2, -0.15) is 0 Å². The number of anilines is 1. The third-order valence-corrected chi connectivity index (χ3v) is 11.2. The zero-order valence-corrected chi connectivity index (χ0v) is 23.5. The van der Waals surface area contributed by atoms with Crippen LogP contribution < -0.4 is 10.2 Å². The number of nitrogens with zero attached hydrogens (tertiary/aromatic N) is 1. The first kappa shape index (κ1) is 24.2. The molecule has 3 amide bonds. The van der Waals surface area contributed by atoms with E-state index in [1.807, 2.05) is 48.5 Å². The van der Waals surface area contributed by atoms with Gasteiger partial charge in [-0.1, -0.05) is 80.4 Å². The smallest absolute Gasteiger partial charge is 0.251 e. The van der Waals surface area contributed by atoms with Gasteiger partial charge in [-0.3, -0.25) is 14.4 Å². The number of alkyl halides is 2. The molecule has 192 valence electrons. The van der Waals surface area contributed by atoms with Crippen molar-refractivity contribution in [3.63, 3.8) is 0 Å². The Labute approximate surface area is 237 Å². The first-order valence-corrected chi connectivity index (χ1v) is 14.4. The summed E-state index contributed by atoms with van der Waals surface area (Å²) in [5.41, 5.74) is 4.93. The number of benzene rings is 3. The van der Waals surface area contributed by atoms with Gasteiger partial charge in [-0.05, 0) is 59.4 Å². The summed E-state index contributed by atoms with van der Waals surface area (Å²) in [5.74, 6) is -1.97. The van der Waals surface area contributed by atoms with Crippen LogP contribution >= 0.6 is 31.9 Å². The fourth-order valence-corrected chi connectivity index (χ4v) is 9.10. The molecule has 2 bridgehead atoms. The highest BCUT2D eigenvalue weighted by Gasteiger charge is 2.72. The Morgan fingerprint density at radius 2 is 1.34 bits per heavy atom. The zero-order valence-electron chi connectivity index (χ0n) is 20.3. The minimum Gasteiger partial charge on any atom is -0.376 e. The maximum atomic E-state index is 14.1. The Hall–Kier alpha value is -2.81. The van der Waals surface area contributed by atoms with Crippen LogP contribution in [0.25, 0.3) is 0 Å². The number of hydrogen-bond acceptors (Lipinski definition) is 4. The lowest BCUT2D eigenvalue weighted by Crippen LogP contribution is -2.56. The summed E-state index contributed by atoms with van der Waals surface area (Å²) in [6, 6.07) is 22.7. The van der Waals surface area contributed by atoms with Crippen LogP contribution in [-0.2, 0) is 23.0 Å². The minimum absolute atomic E-state index is 0.0539. The zero-order chi connectivity index (χ0) is 26.2. The van der Waals surface area contributed by atoms with Crippen molar-refractivity contribution in [1.82, 2.24) is 5.32 Å². The molecule has 3 aromatic rings. The number of amides is 3. The van der Waals surface area contributed by atoms with Crippen molar-refractivity contribution in [1.29, 1.82) is 0 Å². The summed E-state index contributed by atoms with van der Waals surface area (Å²) in [7, 11) is 0. The molecule has 2 aliphatic heterocycles. The first-order chi connectivity index (χ1) is 18.4. The minimum atomic E-state index is -0.829. The second kappa shape index (κ2) is 8.60. The van der Waals surface area contributed by atoms with Crippen molar-refractivity contribution >= 4 is 55.3 Å². The molecule has 38 heavy (non-hydrogen) atoms. The quantitative estimate of drug-likeness (QED) is 0.323. The lowest BCUT2D eigenvalue weighted by atomic mass is 9.54. The fourth-order valence-electron chi connectivity index (χ4n) is 6.80. The maximum Gasteiger partial charge on any atom is 0.251 e. The van der Waals surface area contributed by atoms with Crippen LogP contribution in [0.4, 0.5) is 5.69 Å². The first-order valence-electron chi connectivity index (χ1n) is 12.8. The van der Waals surface area contributed by atoms with Gasteiger partial charge in [0.2, 0.25) is 11.8 Å². The van der Waals surface area contributed by atoms with Crippen LogP contribution in [0.3, 0.4) is 0 Å². The van der Waals surface area contributed by atoms with Gasteiger partial charge in [0.25, 0.3) is 5.91 Å². The number of carbonyl (C=O) groups excluding carboxylic acids is 3. The van der Waals surface area contributed by atoms with E-state index < -0.39 is 20.5 Å². The molecule has 0 saturated carbocycles. The van der Waals surface area contributed by atoms with Gasteiger partial charge < -0.3 is 10.1 Å². The van der Waals surface area contributed by atoms with Crippen molar-refractivity contribution in [2.45, 2.75) is 27.6 Å². The number of nitrogens with one attached hydrogen (secondary N) is 1. The molecule has 3 aromatic carbocycles. The number of ether oxygens (including phenoxy) is 1. The van der Waals surface area contributed by atoms with E-state index in [0.717, 1.165) is 41.7 Å². The van der Waals surface area contributed by atoms with Crippen molar-refractivity contribution in [3.8, 4) is 0 Å². The van der Waals surface area contributed by atoms with E-state index in [4.69, 9.17) is 4.74 Å². The third kappa shape index (κ3) is 3.11. The van der Waals surface area contributed by atoms with Gasteiger partial charge in [0.05, 0.1) is 32.3 Å². The van der Waals surface area contributed by atoms with Crippen LogP contribution in [0.5, 0.6) is 0 Å². The van der Waals surface area contributed by atoms with Crippen LogP contribution in [0, 0.1) is 11.8 Å². The molecule has 8 heteroatoms. The van der Waals surface area contributed by atoms with Crippen LogP contribution in [0.1, 0.15) is 45.5 Å². The lowest BCUT2D eigenvalue weighted by Gasteiger charge is -2.55. The molecule has 0 aromatic heterocycles. The summed E-state index contributed by atoms with van der Waals surface area (Å²) in [6.45, 7) is 1.20. The van der Waals surface area contributed by atoms with Gasteiger partial charge in [-0.25, -0.2) is 4.90 Å². The molecular formula is C30H24Br2N2O4. The average Bonchev–Trinajstić information content (AvgIpc) is 3.56. The number of imide groups is 1. The monoisotopic (exact) mass is 634 g/mol. The molecule has 6 nitrogen and oxygen atoms in total. The lowest BCUT2D eigenvalue weighted by molar-refractivity contribution is -0.122. The predicted molar refractivity (Wildman–Crippen MR) is 150 cm³/mol. The molecule has 3 aliphatic carbocycles. The highest BCUT2D eigenvalue weighted by atomic mass is 79.9. The summed E-state index contributed by atoms with van der Waals surface area (Å²) >= 11 is 8.04. The van der Waals surface area contributed by atoms with Crippen molar-refractivity contribution < 1.29 is 19.1 Å². The Morgan fingerprint density at radius 3 is 1.79 bits per heavy atom. The molecule has 2 saturated heterocycles. The Morgan fingerprint density at radius 1 is 0.842 bits per heavy atom. The summed E-state index contributed by atoms with van der Waals surface area (Å²) in [6.07, 6.45) is 2.01. The maximum absolute atomic E-state index is 14.1. The van der Waals surface area contributed by atoms with Gasteiger partial charge in [0, 0.05) is 18.7 Å². The Bertz CT molecular complexity index is 1380. The molecule has 1 N–H and O–H groups in total. The number of halogens is 2. The molecule has 2 heterocycles. The Kier molecular flexibility index (Phi) is 5.49. The van der Waals surface area contributed by atoms with Gasteiger partial charge in [-0.15, -0.1) is 0 Å². The second-order valence-corrected chi connectivity index (χ2v) is 12.9. The van der Waals surface area contributed by atoms with Gasteiger partial charge in [0.15, 0.2) is 0 Å². The third-order valence-electron chi connectivity index (χ3n) is 8.49. The summed E-state index contributed by atoms with van der Waals surface area (Å²) in [4.78, 5) is 42.2. The molecule has 0 radical (unpaired) electrons. The van der Waals surface area contributed by atoms with E-state index >= 15 is 0 Å². The van der Waals surface area contributed by atoms with Gasteiger partial charge in [0.1, 0.15) is 0 Å².